The Labute approximate surface area is 299 Å². The third-order valence-electron chi connectivity index (χ3n) is 11.2. The standard InChI is InChI=1S/C41H48N6O4/c1-40(2,3)50-38(48)46-31-17-26(31)19-33(46)36-42-21-30(44-36)23-12-10-22(11-13-23)24-14-15-28-25(16-24)8-7-9-29-35(28)45-37(43-29)34-20-27-18-32(27)47(34)39(49)51-41(4,5)6/h10-16,21,26-27,31-34H,7-9,17-20H2,1-6H3,(H,42,44)(H,43,45)/t26?,27-,31-,32-,33+,34+/m1/s1. The van der Waals surface area contributed by atoms with Crippen LogP contribution in [-0.4, -0.2) is 65.2 Å². The number of aromatic nitrogens is 4. The van der Waals surface area contributed by atoms with Gasteiger partial charge in [-0.3, -0.25) is 9.80 Å². The minimum Gasteiger partial charge on any atom is -0.444 e. The van der Waals surface area contributed by atoms with E-state index in [0.717, 1.165) is 84.8 Å². The summed E-state index contributed by atoms with van der Waals surface area (Å²) in [6.45, 7) is 11.5. The molecule has 6 atom stereocenters. The molecule has 0 bridgehead atoms. The number of piperidine rings is 2. The molecule has 4 aromatic rings. The van der Waals surface area contributed by atoms with E-state index >= 15 is 0 Å². The second kappa shape index (κ2) is 11.5. The van der Waals surface area contributed by atoms with Gasteiger partial charge in [-0.15, -0.1) is 0 Å². The van der Waals surface area contributed by atoms with E-state index in [1.807, 2.05) is 57.5 Å². The molecule has 0 spiro atoms. The Morgan fingerprint density at radius 1 is 0.725 bits per heavy atom. The minimum absolute atomic E-state index is 0.0737. The summed E-state index contributed by atoms with van der Waals surface area (Å²) in [5.41, 5.74) is 7.91. The van der Waals surface area contributed by atoms with Crippen LogP contribution in [0.4, 0.5) is 9.59 Å². The van der Waals surface area contributed by atoms with Gasteiger partial charge in [-0.05, 0) is 121 Å². The molecular formula is C41H48N6O4. The summed E-state index contributed by atoms with van der Waals surface area (Å²) in [5, 5.41) is 0. The molecule has 10 heteroatoms. The minimum atomic E-state index is -0.532. The molecule has 2 aromatic heterocycles. The van der Waals surface area contributed by atoms with E-state index in [0.29, 0.717) is 11.8 Å². The number of hydrogen-bond donors (Lipinski definition) is 2. The number of aromatic amines is 2. The molecule has 1 unspecified atom stereocenters. The summed E-state index contributed by atoms with van der Waals surface area (Å²) < 4.78 is 11.6. The van der Waals surface area contributed by atoms with E-state index in [4.69, 9.17) is 19.4 Å². The van der Waals surface area contributed by atoms with Crippen molar-refractivity contribution >= 4 is 12.2 Å². The van der Waals surface area contributed by atoms with E-state index in [2.05, 4.69) is 52.4 Å². The Bertz CT molecular complexity index is 2020. The van der Waals surface area contributed by atoms with Gasteiger partial charge in [0.15, 0.2) is 0 Å². The van der Waals surface area contributed by atoms with Crippen LogP contribution in [0.1, 0.15) is 109 Å². The van der Waals surface area contributed by atoms with Crippen LogP contribution in [0.15, 0.2) is 48.7 Å². The van der Waals surface area contributed by atoms with Crippen molar-refractivity contribution in [3.05, 3.63) is 71.6 Å². The number of nitrogens with zero attached hydrogens (tertiary/aromatic N) is 4. The van der Waals surface area contributed by atoms with Gasteiger partial charge in [-0.25, -0.2) is 19.6 Å². The molecule has 2 amide bonds. The second-order valence-corrected chi connectivity index (χ2v) is 17.3. The van der Waals surface area contributed by atoms with Gasteiger partial charge in [-0.1, -0.05) is 42.5 Å². The molecule has 2 saturated heterocycles. The lowest BCUT2D eigenvalue weighted by Gasteiger charge is -2.29. The topological polar surface area (TPSA) is 116 Å². The first kappa shape index (κ1) is 32.3. The number of imidazole rings is 2. The van der Waals surface area contributed by atoms with Crippen molar-refractivity contribution in [2.24, 2.45) is 11.8 Å². The Balaban J connectivity index is 0.926. The van der Waals surface area contributed by atoms with Crippen molar-refractivity contribution < 1.29 is 19.1 Å². The van der Waals surface area contributed by atoms with E-state index in [-0.39, 0.29) is 36.4 Å². The molecule has 2 aliphatic heterocycles. The molecule has 10 nitrogen and oxygen atoms in total. The highest BCUT2D eigenvalue weighted by Gasteiger charge is 2.57. The van der Waals surface area contributed by atoms with Gasteiger partial charge in [0.05, 0.1) is 29.7 Å². The quantitative estimate of drug-likeness (QED) is 0.222. The van der Waals surface area contributed by atoms with Crippen molar-refractivity contribution in [3.63, 3.8) is 0 Å². The molecule has 2 aromatic carbocycles. The number of fused-ring (bicyclic) bond motifs is 5. The molecule has 51 heavy (non-hydrogen) atoms. The Morgan fingerprint density at radius 3 is 1.94 bits per heavy atom. The number of nitrogens with one attached hydrogen (secondary N) is 2. The van der Waals surface area contributed by atoms with Crippen molar-refractivity contribution in [2.45, 2.75) is 122 Å². The largest absolute Gasteiger partial charge is 0.444 e. The fourth-order valence-corrected chi connectivity index (χ4v) is 8.71. The summed E-state index contributed by atoms with van der Waals surface area (Å²) in [5.74, 6) is 2.78. The molecule has 5 aliphatic rings. The third kappa shape index (κ3) is 6.00. The van der Waals surface area contributed by atoms with Gasteiger partial charge in [0.25, 0.3) is 0 Å². The normalized spacial score (nSPS) is 26.2. The number of ether oxygens (including phenoxy) is 2. The lowest BCUT2D eigenvalue weighted by Crippen LogP contribution is -2.38. The highest BCUT2D eigenvalue weighted by Crippen LogP contribution is 2.55. The predicted molar refractivity (Wildman–Crippen MR) is 194 cm³/mol. The first-order valence-electron chi connectivity index (χ1n) is 18.7. The average Bonchev–Trinajstić information content (AvgIpc) is 3.72. The van der Waals surface area contributed by atoms with Gasteiger partial charge >= 0.3 is 12.2 Å². The SMILES string of the molecule is CC(C)(C)OC(=O)N1[C@@H]2CC2C[C@H]1c1ncc(-c2ccc(-c3ccc4c(c3)CCCc3[nH]c([C@@H]5C[C@H]6C[C@H]6N5C(=O)OC(C)(C)C)nc3-4)cc2)[nH]1. The Kier molecular flexibility index (Phi) is 7.26. The highest BCUT2D eigenvalue weighted by molar-refractivity contribution is 5.76. The predicted octanol–water partition coefficient (Wildman–Crippen LogP) is 8.76. The highest BCUT2D eigenvalue weighted by atomic mass is 16.6. The van der Waals surface area contributed by atoms with Crippen LogP contribution in [-0.2, 0) is 22.3 Å². The summed E-state index contributed by atoms with van der Waals surface area (Å²) >= 11 is 0. The number of rotatable bonds is 4. The summed E-state index contributed by atoms with van der Waals surface area (Å²) in [6.07, 6.45) is 8.30. The molecule has 0 radical (unpaired) electrons. The maximum atomic E-state index is 13.2. The third-order valence-corrected chi connectivity index (χ3v) is 11.2. The van der Waals surface area contributed by atoms with E-state index in [1.165, 1.54) is 16.7 Å². The average molecular weight is 689 g/mol. The van der Waals surface area contributed by atoms with Crippen LogP contribution in [0.25, 0.3) is 33.6 Å². The maximum Gasteiger partial charge on any atom is 0.411 e. The van der Waals surface area contributed by atoms with Crippen molar-refractivity contribution in [3.8, 4) is 33.6 Å². The smallest absolute Gasteiger partial charge is 0.411 e. The number of hydrogen-bond acceptors (Lipinski definition) is 6. The summed E-state index contributed by atoms with van der Waals surface area (Å²) in [4.78, 5) is 47.3. The fourth-order valence-electron chi connectivity index (χ4n) is 8.71. The van der Waals surface area contributed by atoms with Crippen LogP contribution in [0.2, 0.25) is 0 Å². The van der Waals surface area contributed by atoms with Crippen molar-refractivity contribution in [2.75, 3.05) is 0 Å². The maximum absolute atomic E-state index is 13.2. The molecule has 9 rings (SSSR count). The van der Waals surface area contributed by atoms with Crippen LogP contribution in [0.3, 0.4) is 0 Å². The molecule has 2 saturated carbocycles. The number of carbonyl (C=O) groups is 2. The molecular weight excluding hydrogens is 640 g/mol. The van der Waals surface area contributed by atoms with E-state index in [1.54, 1.807) is 0 Å². The Hall–Kier alpha value is -4.60. The number of likely N-dealkylation sites (tertiary alicyclic amines) is 2. The molecule has 4 heterocycles. The zero-order valence-corrected chi connectivity index (χ0v) is 30.5. The fraction of sp³-hybridized carbons (Fsp3) is 0.512. The number of amides is 2. The molecule has 4 fully saturated rings. The monoisotopic (exact) mass is 688 g/mol. The zero-order chi connectivity index (χ0) is 35.4. The van der Waals surface area contributed by atoms with E-state index < -0.39 is 11.2 Å². The molecule has 3 aliphatic carbocycles. The number of carbonyl (C=O) groups excluding carboxylic acids is 2. The van der Waals surface area contributed by atoms with Gasteiger partial charge in [-0.2, -0.15) is 0 Å². The Morgan fingerprint density at radius 2 is 1.31 bits per heavy atom. The van der Waals surface area contributed by atoms with Crippen LogP contribution < -0.4 is 0 Å². The van der Waals surface area contributed by atoms with Crippen molar-refractivity contribution in [1.82, 2.24) is 29.7 Å². The number of H-pyrrole nitrogens is 2. The summed E-state index contributed by atoms with van der Waals surface area (Å²) in [7, 11) is 0. The van der Waals surface area contributed by atoms with Crippen LogP contribution in [0, 0.1) is 11.8 Å². The lowest BCUT2D eigenvalue weighted by molar-refractivity contribution is 0.0164. The zero-order valence-electron chi connectivity index (χ0n) is 30.5. The molecule has 266 valence electrons. The summed E-state index contributed by atoms with van der Waals surface area (Å²) in [6, 6.07) is 15.7. The van der Waals surface area contributed by atoms with Crippen LogP contribution >= 0.6 is 0 Å². The lowest BCUT2D eigenvalue weighted by atomic mass is 9.95. The number of benzene rings is 2. The first-order chi connectivity index (χ1) is 24.3. The van der Waals surface area contributed by atoms with Gasteiger partial charge in [0.2, 0.25) is 0 Å². The van der Waals surface area contributed by atoms with E-state index in [9.17, 15) is 9.59 Å². The van der Waals surface area contributed by atoms with Gasteiger partial charge < -0.3 is 19.4 Å². The van der Waals surface area contributed by atoms with Crippen molar-refractivity contribution in [1.29, 1.82) is 0 Å². The first-order valence-corrected chi connectivity index (χ1v) is 18.7. The van der Waals surface area contributed by atoms with Crippen LogP contribution in [0.5, 0.6) is 0 Å². The molecule has 2 N–H and O–H groups in total. The van der Waals surface area contributed by atoms with Gasteiger partial charge in [0.1, 0.15) is 22.9 Å². The number of aryl methyl sites for hydroxylation is 2. The second-order valence-electron chi connectivity index (χ2n) is 17.3. The van der Waals surface area contributed by atoms with Gasteiger partial charge in [0, 0.05) is 23.3 Å².